The molecule has 0 radical (unpaired) electrons. The first-order valence-corrected chi connectivity index (χ1v) is 7.42. The third kappa shape index (κ3) is 2.56. The molecule has 0 amide bonds. The first-order chi connectivity index (χ1) is 8.29. The van der Waals surface area contributed by atoms with E-state index in [1.807, 2.05) is 20.8 Å². The van der Waals surface area contributed by atoms with Gasteiger partial charge in [0.2, 0.25) is 4.96 Å². The molecule has 18 heavy (non-hydrogen) atoms. The average Bonchev–Trinajstić information content (AvgIpc) is 2.58. The van der Waals surface area contributed by atoms with Crippen molar-refractivity contribution < 1.29 is 0 Å². The van der Waals surface area contributed by atoms with Gasteiger partial charge in [-0.05, 0) is 0 Å². The summed E-state index contributed by atoms with van der Waals surface area (Å²) >= 11 is 3.03. The summed E-state index contributed by atoms with van der Waals surface area (Å²) in [6.07, 6.45) is 0. The second kappa shape index (κ2) is 4.62. The van der Waals surface area contributed by atoms with Gasteiger partial charge < -0.3 is 0 Å². The van der Waals surface area contributed by atoms with Gasteiger partial charge >= 0.3 is 0 Å². The highest BCUT2D eigenvalue weighted by molar-refractivity contribution is 8.01. The molecule has 0 unspecified atom stereocenters. The van der Waals surface area contributed by atoms with Crippen LogP contribution in [-0.4, -0.2) is 25.1 Å². The molecule has 0 N–H and O–H groups in total. The van der Waals surface area contributed by atoms with Gasteiger partial charge in [0, 0.05) is 10.7 Å². The van der Waals surface area contributed by atoms with E-state index in [1.165, 1.54) is 15.9 Å². The molecule has 2 heterocycles. The number of thioether (sulfide) groups is 1. The Morgan fingerprint density at radius 1 is 1.28 bits per heavy atom. The van der Waals surface area contributed by atoms with Gasteiger partial charge in [-0.2, -0.15) is 4.52 Å². The summed E-state index contributed by atoms with van der Waals surface area (Å²) in [5.41, 5.74) is -0.0361. The molecule has 5 nitrogen and oxygen atoms in total. The van der Waals surface area contributed by atoms with E-state index in [0.717, 1.165) is 4.34 Å². The molecule has 2 rings (SSSR count). The normalized spacial score (nSPS) is 12.6. The maximum atomic E-state index is 12.3. The van der Waals surface area contributed by atoms with E-state index in [9.17, 15) is 4.79 Å². The van der Waals surface area contributed by atoms with Crippen molar-refractivity contribution in [3.63, 3.8) is 0 Å². The van der Waals surface area contributed by atoms with Crippen molar-refractivity contribution in [3.05, 3.63) is 16.0 Å². The second-order valence-electron chi connectivity index (χ2n) is 5.33. The molecule has 0 aliphatic carbocycles. The minimum atomic E-state index is -0.319. The van der Waals surface area contributed by atoms with E-state index < -0.39 is 0 Å². The van der Waals surface area contributed by atoms with Gasteiger partial charge in [0.05, 0.1) is 0 Å². The smallest absolute Gasteiger partial charge is 0.265 e. The predicted molar refractivity (Wildman–Crippen MR) is 74.6 cm³/mol. The summed E-state index contributed by atoms with van der Waals surface area (Å²) in [5, 5.41) is 12.9. The molecule has 0 aliphatic heterocycles. The molecule has 0 fully saturated rings. The Hall–Kier alpha value is -0.950. The van der Waals surface area contributed by atoms with E-state index >= 15 is 0 Å². The number of hydrogen-bond acceptors (Lipinski definition) is 6. The van der Waals surface area contributed by atoms with Crippen molar-refractivity contribution in [1.29, 1.82) is 0 Å². The standard InChI is InChI=1S/C11H16N4OS2/c1-6(2)17-10-14-15-8(16)7(11(3,4)5)12-13-9(15)18-10/h6H,1-5H3. The van der Waals surface area contributed by atoms with E-state index in [0.29, 0.717) is 15.9 Å². The summed E-state index contributed by atoms with van der Waals surface area (Å²) in [6, 6.07) is 0. The molecule has 2 aromatic heterocycles. The Labute approximate surface area is 114 Å². The van der Waals surface area contributed by atoms with Crippen LogP contribution in [0, 0.1) is 0 Å². The van der Waals surface area contributed by atoms with Crippen molar-refractivity contribution in [2.75, 3.05) is 0 Å². The van der Waals surface area contributed by atoms with Gasteiger partial charge in [-0.3, -0.25) is 4.79 Å². The first-order valence-electron chi connectivity index (χ1n) is 5.72. The Morgan fingerprint density at radius 3 is 2.50 bits per heavy atom. The molecule has 0 atom stereocenters. The number of fused-ring (bicyclic) bond motifs is 1. The van der Waals surface area contributed by atoms with Crippen molar-refractivity contribution in [2.45, 2.75) is 49.6 Å². The molecule has 2 aromatic rings. The number of nitrogens with zero attached hydrogens (tertiary/aromatic N) is 4. The van der Waals surface area contributed by atoms with Crippen LogP contribution in [0.3, 0.4) is 0 Å². The monoisotopic (exact) mass is 284 g/mol. The van der Waals surface area contributed by atoms with Crippen molar-refractivity contribution >= 4 is 28.1 Å². The number of hydrogen-bond donors (Lipinski definition) is 0. The summed E-state index contributed by atoms with van der Waals surface area (Å²) in [4.78, 5) is 12.8. The third-order valence-electron chi connectivity index (χ3n) is 2.22. The lowest BCUT2D eigenvalue weighted by Crippen LogP contribution is -2.30. The second-order valence-corrected chi connectivity index (χ2v) is 8.11. The predicted octanol–water partition coefficient (Wildman–Crippen LogP) is 2.34. The molecule has 0 bridgehead atoms. The van der Waals surface area contributed by atoms with E-state index in [4.69, 9.17) is 0 Å². The van der Waals surface area contributed by atoms with Crippen LogP contribution < -0.4 is 5.56 Å². The lowest BCUT2D eigenvalue weighted by atomic mass is 9.93. The fraction of sp³-hybridized carbons (Fsp3) is 0.636. The molecule has 0 saturated heterocycles. The highest BCUT2D eigenvalue weighted by Crippen LogP contribution is 2.26. The number of aromatic nitrogens is 4. The summed E-state index contributed by atoms with van der Waals surface area (Å²) in [5.74, 6) is 0. The molecule has 98 valence electrons. The van der Waals surface area contributed by atoms with E-state index in [2.05, 4.69) is 29.1 Å². The van der Waals surface area contributed by atoms with Crippen LogP contribution in [0.25, 0.3) is 4.96 Å². The maximum Gasteiger partial charge on any atom is 0.297 e. The van der Waals surface area contributed by atoms with Gasteiger partial charge in [0.1, 0.15) is 5.69 Å². The summed E-state index contributed by atoms with van der Waals surface area (Å²) in [6.45, 7) is 10.0. The van der Waals surface area contributed by atoms with Crippen LogP contribution in [0.1, 0.15) is 40.3 Å². The van der Waals surface area contributed by atoms with E-state index in [-0.39, 0.29) is 11.0 Å². The molecule has 0 aliphatic rings. The molecule has 7 heteroatoms. The molecule has 0 saturated carbocycles. The van der Waals surface area contributed by atoms with Gasteiger partial charge in [0.15, 0.2) is 4.34 Å². The van der Waals surface area contributed by atoms with Crippen molar-refractivity contribution in [2.24, 2.45) is 0 Å². The van der Waals surface area contributed by atoms with Crippen molar-refractivity contribution in [3.8, 4) is 0 Å². The topological polar surface area (TPSA) is 60.2 Å². The summed E-state index contributed by atoms with van der Waals surface area (Å²) < 4.78 is 2.21. The fourth-order valence-electron chi connectivity index (χ4n) is 1.42. The van der Waals surface area contributed by atoms with Gasteiger partial charge in [-0.1, -0.05) is 57.7 Å². The first kappa shape index (κ1) is 13.5. The van der Waals surface area contributed by atoms with Crippen LogP contribution in [0.2, 0.25) is 0 Å². The maximum absolute atomic E-state index is 12.3. The molecule has 0 spiro atoms. The highest BCUT2D eigenvalue weighted by atomic mass is 32.2. The highest BCUT2D eigenvalue weighted by Gasteiger charge is 2.23. The SMILES string of the molecule is CC(C)Sc1nn2c(=O)c(C(C)(C)C)nnc2s1. The lowest BCUT2D eigenvalue weighted by molar-refractivity contribution is 0.541. The fourth-order valence-corrected chi connectivity index (χ4v) is 3.51. The van der Waals surface area contributed by atoms with Gasteiger partial charge in [-0.25, -0.2) is 0 Å². The largest absolute Gasteiger partial charge is 0.297 e. The zero-order valence-electron chi connectivity index (χ0n) is 11.1. The van der Waals surface area contributed by atoms with Gasteiger partial charge in [-0.15, -0.1) is 15.3 Å². The van der Waals surface area contributed by atoms with Crippen molar-refractivity contribution in [1.82, 2.24) is 19.8 Å². The zero-order chi connectivity index (χ0) is 13.5. The quantitative estimate of drug-likeness (QED) is 0.792. The Morgan fingerprint density at radius 2 is 1.94 bits per heavy atom. The van der Waals surface area contributed by atoms with Crippen LogP contribution >= 0.6 is 23.1 Å². The Kier molecular flexibility index (Phi) is 3.46. The average molecular weight is 284 g/mol. The molecular weight excluding hydrogens is 268 g/mol. The Bertz CT molecular complexity index is 624. The van der Waals surface area contributed by atoms with Crippen LogP contribution in [-0.2, 0) is 5.41 Å². The zero-order valence-corrected chi connectivity index (χ0v) is 12.7. The lowest BCUT2D eigenvalue weighted by Gasteiger charge is -2.14. The minimum Gasteiger partial charge on any atom is -0.265 e. The minimum absolute atomic E-state index is 0.167. The molecule has 0 aromatic carbocycles. The van der Waals surface area contributed by atoms with E-state index in [1.54, 1.807) is 11.8 Å². The van der Waals surface area contributed by atoms with Crippen LogP contribution in [0.5, 0.6) is 0 Å². The van der Waals surface area contributed by atoms with Crippen LogP contribution in [0.4, 0.5) is 0 Å². The molecular formula is C11H16N4OS2. The van der Waals surface area contributed by atoms with Crippen LogP contribution in [0.15, 0.2) is 9.13 Å². The number of rotatable bonds is 2. The van der Waals surface area contributed by atoms with Gasteiger partial charge in [0.25, 0.3) is 5.56 Å². The third-order valence-corrected chi connectivity index (χ3v) is 4.21. The Balaban J connectivity index is 2.58. The summed E-state index contributed by atoms with van der Waals surface area (Å²) in [7, 11) is 0.